The highest BCUT2D eigenvalue weighted by atomic mass is 32.2. The van der Waals surface area contributed by atoms with E-state index in [0.29, 0.717) is 13.2 Å². The zero-order valence-electron chi connectivity index (χ0n) is 4.72. The van der Waals surface area contributed by atoms with Crippen LogP contribution in [0.15, 0.2) is 0 Å². The lowest BCUT2D eigenvalue weighted by atomic mass is 10.7. The Morgan fingerprint density at radius 2 is 2.62 bits per heavy atom. The minimum Gasteiger partial charge on any atom is -0.621 e. The summed E-state index contributed by atoms with van der Waals surface area (Å²) in [5, 5.41) is 10.6. The molecule has 8 heavy (non-hydrogen) atoms. The molecule has 0 aromatic carbocycles. The summed E-state index contributed by atoms with van der Waals surface area (Å²) in [6.45, 7) is 3.07. The molecule has 1 aliphatic rings. The van der Waals surface area contributed by atoms with E-state index in [-0.39, 0.29) is 9.90 Å². The molecule has 0 spiro atoms. The fourth-order valence-electron chi connectivity index (χ4n) is 0.586. The molecule has 0 aromatic rings. The van der Waals surface area contributed by atoms with Crippen molar-refractivity contribution >= 4 is 11.9 Å². The Kier molecular flexibility index (Phi) is 2.13. The fourth-order valence-corrected chi connectivity index (χ4v) is 1.32. The first-order valence-corrected chi connectivity index (χ1v) is 3.48. The highest BCUT2D eigenvalue weighted by molar-refractivity contribution is 7.93. The van der Waals surface area contributed by atoms with Crippen molar-refractivity contribution in [3.8, 4) is 0 Å². The van der Waals surface area contributed by atoms with Gasteiger partial charge in [-0.1, -0.05) is 0 Å². The minimum atomic E-state index is 0.0799. The maximum atomic E-state index is 10.6. The molecule has 0 bridgehead atoms. The van der Waals surface area contributed by atoms with Crippen LogP contribution in [0.25, 0.3) is 0 Å². The van der Waals surface area contributed by atoms with Crippen molar-refractivity contribution in [1.82, 2.24) is 0 Å². The van der Waals surface area contributed by atoms with E-state index in [1.165, 1.54) is 11.9 Å². The number of hydroxylamine groups is 1. The van der Waals surface area contributed by atoms with E-state index in [9.17, 15) is 5.21 Å². The van der Waals surface area contributed by atoms with Gasteiger partial charge in [-0.2, -0.15) is 0 Å². The molecule has 0 amide bonds. The third-order valence-corrected chi connectivity index (χ3v) is 1.89. The standard InChI is InChI=1S/C4H9NO2S/c1-4-7-3-2-5(6)8-4/h4-5H,2-3H2,1H3. The maximum absolute atomic E-state index is 10.6. The Bertz CT molecular complexity index is 72.4. The van der Waals surface area contributed by atoms with Crippen molar-refractivity contribution in [3.63, 3.8) is 0 Å². The van der Waals surface area contributed by atoms with Crippen molar-refractivity contribution in [2.24, 2.45) is 0 Å². The molecule has 3 nitrogen and oxygen atoms in total. The minimum absolute atomic E-state index is 0.0799. The molecule has 0 aliphatic carbocycles. The molecule has 1 fully saturated rings. The van der Waals surface area contributed by atoms with Crippen molar-refractivity contribution in [2.45, 2.75) is 12.4 Å². The molecule has 1 saturated heterocycles. The predicted octanol–water partition coefficient (Wildman–Crippen LogP) is -0.606. The summed E-state index contributed by atoms with van der Waals surface area (Å²) in [4.78, 5) is 0. The van der Waals surface area contributed by atoms with Crippen LogP contribution in [0, 0.1) is 5.21 Å². The van der Waals surface area contributed by atoms with E-state index in [1.54, 1.807) is 0 Å². The van der Waals surface area contributed by atoms with Crippen molar-refractivity contribution in [2.75, 3.05) is 13.2 Å². The normalized spacial score (nSPS) is 39.8. The van der Waals surface area contributed by atoms with Crippen molar-refractivity contribution in [1.29, 1.82) is 0 Å². The lowest BCUT2D eigenvalue weighted by Crippen LogP contribution is -3.02. The van der Waals surface area contributed by atoms with Crippen LogP contribution in [-0.2, 0) is 4.74 Å². The Hall–Kier alpha value is 0.230. The van der Waals surface area contributed by atoms with Gasteiger partial charge in [-0.05, 0) is 6.92 Å². The number of quaternary nitrogens is 1. The van der Waals surface area contributed by atoms with Crippen molar-refractivity contribution < 1.29 is 9.21 Å². The lowest BCUT2D eigenvalue weighted by Gasteiger charge is -2.27. The van der Waals surface area contributed by atoms with Crippen LogP contribution in [0.3, 0.4) is 0 Å². The van der Waals surface area contributed by atoms with Gasteiger partial charge in [0.1, 0.15) is 18.5 Å². The number of nitrogens with one attached hydrogen (secondary N) is 1. The number of hydrogen-bond donors (Lipinski definition) is 1. The molecule has 1 N–H and O–H groups in total. The second-order valence-corrected chi connectivity index (χ2v) is 3.03. The molecule has 1 heterocycles. The number of ether oxygens (including phenoxy) is 1. The van der Waals surface area contributed by atoms with Crippen LogP contribution in [0.1, 0.15) is 6.92 Å². The molecular formula is C4H9NO2S. The van der Waals surface area contributed by atoms with Gasteiger partial charge in [0.05, 0.1) is 6.61 Å². The molecule has 4 heteroatoms. The highest BCUT2D eigenvalue weighted by Crippen LogP contribution is 2.04. The van der Waals surface area contributed by atoms with Gasteiger partial charge in [0.15, 0.2) is 5.44 Å². The zero-order chi connectivity index (χ0) is 5.98. The van der Waals surface area contributed by atoms with Gasteiger partial charge in [-0.3, -0.25) is 0 Å². The monoisotopic (exact) mass is 135 g/mol. The van der Waals surface area contributed by atoms with Gasteiger partial charge in [0.25, 0.3) is 0 Å². The fraction of sp³-hybridized carbons (Fsp3) is 1.00. The Morgan fingerprint density at radius 1 is 1.88 bits per heavy atom. The van der Waals surface area contributed by atoms with Crippen LogP contribution in [0.2, 0.25) is 0 Å². The first-order chi connectivity index (χ1) is 3.79. The average Bonchev–Trinajstić information content (AvgIpc) is 1.64. The molecule has 1 rings (SSSR count). The molecule has 0 radical (unpaired) electrons. The first-order valence-electron chi connectivity index (χ1n) is 2.60. The van der Waals surface area contributed by atoms with Gasteiger partial charge in [-0.15, -0.1) is 0 Å². The van der Waals surface area contributed by atoms with Crippen LogP contribution in [0.4, 0.5) is 0 Å². The van der Waals surface area contributed by atoms with Gasteiger partial charge in [-0.25, -0.2) is 0 Å². The summed E-state index contributed by atoms with van der Waals surface area (Å²) in [5.74, 6) is 0. The van der Waals surface area contributed by atoms with E-state index in [0.717, 1.165) is 0 Å². The smallest absolute Gasteiger partial charge is 0.154 e. The second kappa shape index (κ2) is 2.68. The average molecular weight is 135 g/mol. The molecule has 2 atom stereocenters. The van der Waals surface area contributed by atoms with E-state index < -0.39 is 0 Å². The second-order valence-electron chi connectivity index (χ2n) is 1.68. The summed E-state index contributed by atoms with van der Waals surface area (Å²) in [6.07, 6.45) is 0. The van der Waals surface area contributed by atoms with E-state index in [2.05, 4.69) is 0 Å². The van der Waals surface area contributed by atoms with Crippen LogP contribution in [0.5, 0.6) is 0 Å². The molecule has 1 aliphatic heterocycles. The predicted molar refractivity (Wildman–Crippen MR) is 32.2 cm³/mol. The Balaban J connectivity index is 2.23. The first kappa shape index (κ1) is 6.35. The van der Waals surface area contributed by atoms with Crippen LogP contribution < -0.4 is 4.47 Å². The summed E-state index contributed by atoms with van der Waals surface area (Å²) in [6, 6.07) is 0. The van der Waals surface area contributed by atoms with Gasteiger partial charge >= 0.3 is 0 Å². The summed E-state index contributed by atoms with van der Waals surface area (Å²) in [7, 11) is 0. The lowest BCUT2D eigenvalue weighted by molar-refractivity contribution is -0.702. The molecular weight excluding hydrogens is 126 g/mol. The van der Waals surface area contributed by atoms with Crippen molar-refractivity contribution in [3.05, 3.63) is 5.21 Å². The molecule has 0 saturated carbocycles. The maximum Gasteiger partial charge on any atom is 0.154 e. The highest BCUT2D eigenvalue weighted by Gasteiger charge is 2.15. The summed E-state index contributed by atoms with van der Waals surface area (Å²) < 4.78 is 5.34. The van der Waals surface area contributed by atoms with E-state index >= 15 is 0 Å². The topological polar surface area (TPSA) is 36.7 Å². The van der Waals surface area contributed by atoms with E-state index in [4.69, 9.17) is 4.74 Å². The molecule has 48 valence electrons. The summed E-state index contributed by atoms with van der Waals surface area (Å²) in [5.41, 5.74) is 0.0799. The zero-order valence-corrected chi connectivity index (χ0v) is 5.53. The summed E-state index contributed by atoms with van der Waals surface area (Å²) >= 11 is 1.28. The third kappa shape index (κ3) is 1.63. The van der Waals surface area contributed by atoms with Crippen LogP contribution in [-0.4, -0.2) is 18.6 Å². The van der Waals surface area contributed by atoms with E-state index in [1.807, 2.05) is 6.92 Å². The van der Waals surface area contributed by atoms with Gasteiger partial charge < -0.3 is 14.4 Å². The van der Waals surface area contributed by atoms with Crippen LogP contribution >= 0.6 is 11.9 Å². The Labute approximate surface area is 52.7 Å². The quantitative estimate of drug-likeness (QED) is 0.356. The molecule has 0 aromatic heterocycles. The Morgan fingerprint density at radius 3 is 3.00 bits per heavy atom. The SMILES string of the molecule is CC1OCC[NH+]([O-])S1. The third-order valence-electron chi connectivity index (χ3n) is 0.956. The largest absolute Gasteiger partial charge is 0.621 e. The number of hydrogen-bond acceptors (Lipinski definition) is 3. The van der Waals surface area contributed by atoms with Gasteiger partial charge in [0.2, 0.25) is 0 Å². The molecule has 2 unspecified atom stereocenters. The number of rotatable bonds is 0. The van der Waals surface area contributed by atoms with Gasteiger partial charge in [0, 0.05) is 0 Å².